The summed E-state index contributed by atoms with van der Waals surface area (Å²) < 4.78 is 42.6. The molecule has 142 valence electrons. The van der Waals surface area contributed by atoms with Crippen LogP contribution in [0.4, 0.5) is 10.1 Å². The average molecular weight is 383 g/mol. The molecule has 1 amide bonds. The first-order valence-electron chi connectivity index (χ1n) is 8.53. The van der Waals surface area contributed by atoms with Crippen LogP contribution in [0.1, 0.15) is 18.9 Å². The van der Waals surface area contributed by atoms with Gasteiger partial charge in [0.25, 0.3) is 0 Å². The van der Waals surface area contributed by atoms with E-state index < -0.39 is 21.7 Å². The fraction of sp³-hybridized carbons (Fsp3) is 0.529. The van der Waals surface area contributed by atoms with E-state index in [-0.39, 0.29) is 17.3 Å². The summed E-state index contributed by atoms with van der Waals surface area (Å²) in [7, 11) is -3.12. The first-order chi connectivity index (χ1) is 12.4. The van der Waals surface area contributed by atoms with Crippen LogP contribution in [0.25, 0.3) is 0 Å². The summed E-state index contributed by atoms with van der Waals surface area (Å²) in [6.07, 6.45) is 0.311. The van der Waals surface area contributed by atoms with E-state index in [1.54, 1.807) is 19.1 Å². The third-order valence-electron chi connectivity index (χ3n) is 4.65. The smallest absolute Gasteiger partial charge is 0.244 e. The summed E-state index contributed by atoms with van der Waals surface area (Å²) in [6.45, 7) is 4.09. The molecule has 9 heteroatoms. The maximum Gasteiger partial charge on any atom is 0.244 e. The lowest BCUT2D eigenvalue weighted by molar-refractivity contribution is -0.124. The Morgan fingerprint density at radius 1 is 1.35 bits per heavy atom. The summed E-state index contributed by atoms with van der Waals surface area (Å²) in [6, 6.07) is 4.83. The molecular formula is C17H22FN3O4S. The van der Waals surface area contributed by atoms with Crippen LogP contribution in [-0.4, -0.2) is 57.8 Å². The number of hydrazone groups is 1. The quantitative estimate of drug-likeness (QED) is 0.618. The Balaban J connectivity index is 1.65. The Labute approximate surface area is 152 Å². The van der Waals surface area contributed by atoms with E-state index in [1.165, 1.54) is 6.07 Å². The molecule has 0 aromatic heterocycles. The minimum atomic E-state index is -3.12. The van der Waals surface area contributed by atoms with Crippen molar-refractivity contribution in [3.05, 3.63) is 29.6 Å². The standard InChI is InChI=1S/C17H22FN3O4S/c1-12(19-20-17(22)14-4-9-26(23,24)11-14)13-2-3-16(15(18)10-13)21-5-7-25-8-6-21/h2-3,10,14H,4-9,11H2,1H3,(H,20,22)/b19-12-/t14-/m0/s1. The molecule has 1 aromatic carbocycles. The molecule has 2 fully saturated rings. The van der Waals surface area contributed by atoms with Gasteiger partial charge in [-0.15, -0.1) is 0 Å². The number of benzene rings is 1. The molecule has 1 N–H and O–H groups in total. The Hall–Kier alpha value is -2.00. The molecule has 1 atom stereocenters. The van der Waals surface area contributed by atoms with E-state index in [2.05, 4.69) is 10.5 Å². The Morgan fingerprint density at radius 3 is 2.69 bits per heavy atom. The molecule has 3 rings (SSSR count). The van der Waals surface area contributed by atoms with Gasteiger partial charge in [-0.05, 0) is 25.5 Å². The zero-order valence-electron chi connectivity index (χ0n) is 14.6. The Morgan fingerprint density at radius 2 is 2.08 bits per heavy atom. The molecule has 0 spiro atoms. The van der Waals surface area contributed by atoms with Crippen molar-refractivity contribution in [2.45, 2.75) is 13.3 Å². The fourth-order valence-corrected chi connectivity index (χ4v) is 4.83. The van der Waals surface area contributed by atoms with Gasteiger partial charge in [-0.3, -0.25) is 4.79 Å². The molecular weight excluding hydrogens is 361 g/mol. The molecule has 7 nitrogen and oxygen atoms in total. The Kier molecular flexibility index (Phi) is 5.57. The minimum absolute atomic E-state index is 0.0298. The number of carbonyl (C=O) groups excluding carboxylic acids is 1. The second-order valence-electron chi connectivity index (χ2n) is 6.54. The normalized spacial score (nSPS) is 23.1. The van der Waals surface area contributed by atoms with Gasteiger partial charge in [0.05, 0.1) is 42.0 Å². The Bertz CT molecular complexity index is 819. The zero-order chi connectivity index (χ0) is 18.7. The van der Waals surface area contributed by atoms with Crippen molar-refractivity contribution in [3.8, 4) is 0 Å². The summed E-state index contributed by atoms with van der Waals surface area (Å²) in [4.78, 5) is 13.9. The molecule has 0 saturated carbocycles. The highest BCUT2D eigenvalue weighted by atomic mass is 32.2. The van der Waals surface area contributed by atoms with Crippen LogP contribution in [0.5, 0.6) is 0 Å². The van der Waals surface area contributed by atoms with Crippen LogP contribution < -0.4 is 10.3 Å². The van der Waals surface area contributed by atoms with Gasteiger partial charge in [0.1, 0.15) is 5.82 Å². The average Bonchev–Trinajstić information content (AvgIpc) is 3.00. The molecule has 1 aromatic rings. The molecule has 0 radical (unpaired) electrons. The zero-order valence-corrected chi connectivity index (χ0v) is 15.4. The van der Waals surface area contributed by atoms with E-state index in [0.29, 0.717) is 49.7 Å². The molecule has 0 bridgehead atoms. The van der Waals surface area contributed by atoms with Gasteiger partial charge in [0.2, 0.25) is 5.91 Å². The van der Waals surface area contributed by atoms with E-state index >= 15 is 0 Å². The van der Waals surface area contributed by atoms with E-state index in [9.17, 15) is 17.6 Å². The van der Waals surface area contributed by atoms with Crippen molar-refractivity contribution in [1.29, 1.82) is 0 Å². The lowest BCUT2D eigenvalue weighted by atomic mass is 10.1. The highest BCUT2D eigenvalue weighted by molar-refractivity contribution is 7.91. The third kappa shape index (κ3) is 4.39. The van der Waals surface area contributed by atoms with Crippen LogP contribution in [0, 0.1) is 11.7 Å². The molecule has 2 aliphatic heterocycles. The number of morpholine rings is 1. The van der Waals surface area contributed by atoms with Crippen molar-refractivity contribution >= 4 is 27.1 Å². The van der Waals surface area contributed by atoms with Gasteiger partial charge in [-0.1, -0.05) is 6.07 Å². The van der Waals surface area contributed by atoms with E-state index in [0.717, 1.165) is 0 Å². The summed E-state index contributed by atoms with van der Waals surface area (Å²) in [5.74, 6) is -1.46. The van der Waals surface area contributed by atoms with Gasteiger partial charge in [-0.2, -0.15) is 5.10 Å². The number of rotatable bonds is 4. The van der Waals surface area contributed by atoms with Crippen molar-refractivity contribution in [3.63, 3.8) is 0 Å². The summed E-state index contributed by atoms with van der Waals surface area (Å²) in [5.41, 5.74) is 3.92. The number of anilines is 1. The molecule has 0 unspecified atom stereocenters. The lowest BCUT2D eigenvalue weighted by Crippen LogP contribution is -2.36. The molecule has 2 saturated heterocycles. The topological polar surface area (TPSA) is 88.1 Å². The number of hydrogen-bond acceptors (Lipinski definition) is 6. The van der Waals surface area contributed by atoms with Crippen molar-refractivity contribution in [1.82, 2.24) is 5.43 Å². The van der Waals surface area contributed by atoms with Crippen molar-refractivity contribution < 1.29 is 22.3 Å². The molecule has 2 heterocycles. The van der Waals surface area contributed by atoms with Crippen molar-refractivity contribution in [2.24, 2.45) is 11.0 Å². The highest BCUT2D eigenvalue weighted by Gasteiger charge is 2.32. The van der Waals surface area contributed by atoms with Crippen LogP contribution in [0.2, 0.25) is 0 Å². The number of halogens is 1. The second-order valence-corrected chi connectivity index (χ2v) is 8.77. The molecule has 26 heavy (non-hydrogen) atoms. The number of hydrogen-bond donors (Lipinski definition) is 1. The first-order valence-corrected chi connectivity index (χ1v) is 10.3. The monoisotopic (exact) mass is 383 g/mol. The summed E-state index contributed by atoms with van der Waals surface area (Å²) >= 11 is 0. The fourth-order valence-electron chi connectivity index (χ4n) is 3.09. The first kappa shape index (κ1) is 18.8. The van der Waals surface area contributed by atoms with Gasteiger partial charge in [0.15, 0.2) is 9.84 Å². The third-order valence-corrected chi connectivity index (χ3v) is 6.42. The van der Waals surface area contributed by atoms with Gasteiger partial charge < -0.3 is 9.64 Å². The second kappa shape index (κ2) is 7.71. The number of nitrogens with zero attached hydrogens (tertiary/aromatic N) is 2. The van der Waals surface area contributed by atoms with Gasteiger partial charge in [-0.25, -0.2) is 18.2 Å². The number of sulfone groups is 1. The van der Waals surface area contributed by atoms with Crippen molar-refractivity contribution in [2.75, 3.05) is 42.7 Å². The molecule has 0 aliphatic carbocycles. The van der Waals surface area contributed by atoms with Gasteiger partial charge in [0, 0.05) is 18.7 Å². The molecule has 2 aliphatic rings. The minimum Gasteiger partial charge on any atom is -0.378 e. The van der Waals surface area contributed by atoms with E-state index in [4.69, 9.17) is 4.74 Å². The predicted molar refractivity (Wildman–Crippen MR) is 96.5 cm³/mol. The number of ether oxygens (including phenoxy) is 1. The predicted octanol–water partition coefficient (Wildman–Crippen LogP) is 0.937. The number of carbonyl (C=O) groups is 1. The van der Waals surface area contributed by atoms with Crippen LogP contribution >= 0.6 is 0 Å². The van der Waals surface area contributed by atoms with Crippen LogP contribution in [-0.2, 0) is 19.4 Å². The highest BCUT2D eigenvalue weighted by Crippen LogP contribution is 2.22. The SMILES string of the molecule is C/C(=N/NC(=O)[C@H]1CCS(=O)(=O)C1)c1ccc(N2CCOCC2)c(F)c1. The maximum absolute atomic E-state index is 14.4. The van der Waals surface area contributed by atoms with Crippen LogP contribution in [0.3, 0.4) is 0 Å². The lowest BCUT2D eigenvalue weighted by Gasteiger charge is -2.29. The summed E-state index contributed by atoms with van der Waals surface area (Å²) in [5, 5.41) is 3.99. The number of amides is 1. The van der Waals surface area contributed by atoms with Gasteiger partial charge >= 0.3 is 0 Å². The number of nitrogens with one attached hydrogen (secondary N) is 1. The van der Waals surface area contributed by atoms with Crippen LogP contribution in [0.15, 0.2) is 23.3 Å². The van der Waals surface area contributed by atoms with E-state index in [1.807, 2.05) is 4.90 Å². The maximum atomic E-state index is 14.4. The largest absolute Gasteiger partial charge is 0.378 e.